The third kappa shape index (κ3) is 2.58. The van der Waals surface area contributed by atoms with Gasteiger partial charge in [0.2, 0.25) is 0 Å². The molecule has 0 amide bonds. The Kier molecular flexibility index (Phi) is 3.42. The molecular weight excluding hydrogens is 279 g/mol. The standard InChI is InChI=1S/C14H11FN2S2/c15-10-5-3-9(4-6-10)13(16)14-17-11(8-19-14)12-2-1-7-18-12/h1-8,13H,16H2. The first-order valence-corrected chi connectivity index (χ1v) is 7.50. The Balaban J connectivity index is 1.88. The third-order valence-corrected chi connectivity index (χ3v) is 4.61. The van der Waals surface area contributed by atoms with Crippen LogP contribution in [0, 0.1) is 5.82 Å². The Morgan fingerprint density at radius 3 is 2.58 bits per heavy atom. The minimum atomic E-state index is -0.306. The number of aromatic nitrogens is 1. The molecule has 0 aliphatic heterocycles. The molecule has 1 aromatic carbocycles. The van der Waals surface area contributed by atoms with E-state index in [4.69, 9.17) is 5.73 Å². The largest absolute Gasteiger partial charge is 0.318 e. The third-order valence-electron chi connectivity index (χ3n) is 2.79. The molecule has 0 aliphatic carbocycles. The molecule has 2 nitrogen and oxygen atoms in total. The maximum Gasteiger partial charge on any atom is 0.123 e. The van der Waals surface area contributed by atoms with Crippen molar-refractivity contribution in [1.29, 1.82) is 0 Å². The van der Waals surface area contributed by atoms with E-state index in [0.29, 0.717) is 0 Å². The molecule has 3 aromatic rings. The molecule has 96 valence electrons. The molecule has 1 atom stereocenters. The molecule has 5 heteroatoms. The highest BCUT2D eigenvalue weighted by molar-refractivity contribution is 7.14. The smallest absolute Gasteiger partial charge is 0.123 e. The molecular formula is C14H11FN2S2. The van der Waals surface area contributed by atoms with Crippen LogP contribution in [-0.4, -0.2) is 4.98 Å². The first-order chi connectivity index (χ1) is 9.24. The van der Waals surface area contributed by atoms with Crippen molar-refractivity contribution in [3.63, 3.8) is 0 Å². The Bertz CT molecular complexity index is 659. The topological polar surface area (TPSA) is 38.9 Å². The molecule has 2 aromatic heterocycles. The summed E-state index contributed by atoms with van der Waals surface area (Å²) in [5, 5.41) is 4.87. The van der Waals surface area contributed by atoms with Crippen molar-refractivity contribution >= 4 is 22.7 Å². The van der Waals surface area contributed by atoms with Gasteiger partial charge >= 0.3 is 0 Å². The predicted molar refractivity (Wildman–Crippen MR) is 77.9 cm³/mol. The zero-order chi connectivity index (χ0) is 13.2. The summed E-state index contributed by atoms with van der Waals surface area (Å²) in [6.07, 6.45) is 0. The van der Waals surface area contributed by atoms with E-state index in [1.807, 2.05) is 22.9 Å². The lowest BCUT2D eigenvalue weighted by molar-refractivity contribution is 0.626. The van der Waals surface area contributed by atoms with E-state index in [9.17, 15) is 4.39 Å². The second-order valence-electron chi connectivity index (χ2n) is 4.08. The van der Waals surface area contributed by atoms with Gasteiger partial charge < -0.3 is 5.73 Å². The Morgan fingerprint density at radius 2 is 1.89 bits per heavy atom. The van der Waals surface area contributed by atoms with Gasteiger partial charge in [0.15, 0.2) is 0 Å². The van der Waals surface area contributed by atoms with E-state index >= 15 is 0 Å². The summed E-state index contributed by atoms with van der Waals surface area (Å²) in [5.74, 6) is -0.255. The summed E-state index contributed by atoms with van der Waals surface area (Å²) in [7, 11) is 0. The molecule has 0 saturated heterocycles. The van der Waals surface area contributed by atoms with E-state index in [1.54, 1.807) is 23.5 Å². The fraction of sp³-hybridized carbons (Fsp3) is 0.0714. The van der Waals surface area contributed by atoms with Crippen molar-refractivity contribution in [2.45, 2.75) is 6.04 Å². The lowest BCUT2D eigenvalue weighted by Gasteiger charge is -2.08. The van der Waals surface area contributed by atoms with Crippen molar-refractivity contribution in [3.05, 3.63) is 63.5 Å². The van der Waals surface area contributed by atoms with Gasteiger partial charge in [-0.1, -0.05) is 18.2 Å². The highest BCUT2D eigenvalue weighted by Crippen LogP contribution is 2.30. The average molecular weight is 290 g/mol. The van der Waals surface area contributed by atoms with Gasteiger partial charge in [-0.2, -0.15) is 0 Å². The van der Waals surface area contributed by atoms with E-state index in [-0.39, 0.29) is 11.9 Å². The summed E-state index contributed by atoms with van der Waals surface area (Å²) >= 11 is 3.18. The summed E-state index contributed by atoms with van der Waals surface area (Å²) in [5.41, 5.74) is 7.98. The summed E-state index contributed by atoms with van der Waals surface area (Å²) < 4.78 is 12.9. The van der Waals surface area contributed by atoms with E-state index in [1.165, 1.54) is 23.5 Å². The molecule has 1 unspecified atom stereocenters. The van der Waals surface area contributed by atoms with E-state index < -0.39 is 0 Å². The summed E-state index contributed by atoms with van der Waals surface area (Å²) in [6.45, 7) is 0. The number of thiazole rings is 1. The summed E-state index contributed by atoms with van der Waals surface area (Å²) in [6, 6.07) is 9.97. The number of hydrogen-bond donors (Lipinski definition) is 1. The average Bonchev–Trinajstić information content (AvgIpc) is 3.10. The highest BCUT2D eigenvalue weighted by atomic mass is 32.1. The van der Waals surface area contributed by atoms with Gasteiger partial charge in [-0.3, -0.25) is 0 Å². The Hall–Kier alpha value is -1.56. The van der Waals surface area contributed by atoms with Crippen LogP contribution in [0.3, 0.4) is 0 Å². The van der Waals surface area contributed by atoms with Gasteiger partial charge in [-0.25, -0.2) is 9.37 Å². The molecule has 2 N–H and O–H groups in total. The van der Waals surface area contributed by atoms with Crippen LogP contribution in [0.25, 0.3) is 10.6 Å². The number of benzene rings is 1. The molecule has 19 heavy (non-hydrogen) atoms. The molecule has 2 heterocycles. The van der Waals surface area contributed by atoms with Crippen LogP contribution >= 0.6 is 22.7 Å². The number of hydrogen-bond acceptors (Lipinski definition) is 4. The minimum Gasteiger partial charge on any atom is -0.318 e. The van der Waals surface area contributed by atoms with Crippen LogP contribution in [0.1, 0.15) is 16.6 Å². The molecule has 0 bridgehead atoms. The molecule has 0 aliphatic rings. The van der Waals surface area contributed by atoms with Crippen molar-refractivity contribution in [2.75, 3.05) is 0 Å². The molecule has 0 saturated carbocycles. The lowest BCUT2D eigenvalue weighted by Crippen LogP contribution is -2.11. The number of halogens is 1. The van der Waals surface area contributed by atoms with Crippen LogP contribution in [0.5, 0.6) is 0 Å². The summed E-state index contributed by atoms with van der Waals surface area (Å²) in [4.78, 5) is 5.69. The zero-order valence-electron chi connectivity index (χ0n) is 9.92. The van der Waals surface area contributed by atoms with Gasteiger partial charge in [-0.05, 0) is 29.1 Å². The SMILES string of the molecule is NC(c1ccc(F)cc1)c1nc(-c2cccs2)cs1. The fourth-order valence-corrected chi connectivity index (χ4v) is 3.39. The second-order valence-corrected chi connectivity index (χ2v) is 5.91. The van der Waals surface area contributed by atoms with Gasteiger partial charge in [0.25, 0.3) is 0 Å². The van der Waals surface area contributed by atoms with Crippen molar-refractivity contribution < 1.29 is 4.39 Å². The number of nitrogens with two attached hydrogens (primary N) is 1. The predicted octanol–water partition coefficient (Wildman–Crippen LogP) is 4.06. The van der Waals surface area contributed by atoms with Crippen molar-refractivity contribution in [1.82, 2.24) is 4.98 Å². The van der Waals surface area contributed by atoms with Gasteiger partial charge in [0.1, 0.15) is 10.8 Å². The fourth-order valence-electron chi connectivity index (χ4n) is 1.78. The van der Waals surface area contributed by atoms with Crippen LogP contribution in [0.4, 0.5) is 4.39 Å². The maximum atomic E-state index is 12.9. The molecule has 0 spiro atoms. The number of nitrogens with zero attached hydrogens (tertiary/aromatic N) is 1. The van der Waals surface area contributed by atoms with Crippen LogP contribution < -0.4 is 5.73 Å². The number of rotatable bonds is 3. The first-order valence-electron chi connectivity index (χ1n) is 5.74. The van der Waals surface area contributed by atoms with Crippen LogP contribution in [-0.2, 0) is 0 Å². The van der Waals surface area contributed by atoms with Gasteiger partial charge in [0.05, 0.1) is 16.6 Å². The second kappa shape index (κ2) is 5.21. The monoisotopic (exact) mass is 290 g/mol. The quantitative estimate of drug-likeness (QED) is 0.790. The van der Waals surface area contributed by atoms with Gasteiger partial charge in [-0.15, -0.1) is 22.7 Å². The van der Waals surface area contributed by atoms with E-state index in [2.05, 4.69) is 4.98 Å². The Labute approximate surface area is 118 Å². The normalized spacial score (nSPS) is 12.5. The molecule has 0 radical (unpaired) electrons. The highest BCUT2D eigenvalue weighted by Gasteiger charge is 2.14. The van der Waals surface area contributed by atoms with Crippen LogP contribution in [0.2, 0.25) is 0 Å². The van der Waals surface area contributed by atoms with E-state index in [0.717, 1.165) is 21.1 Å². The minimum absolute atomic E-state index is 0.255. The molecule has 3 rings (SSSR count). The number of thiophene rings is 1. The van der Waals surface area contributed by atoms with Crippen molar-refractivity contribution in [2.24, 2.45) is 5.73 Å². The lowest BCUT2D eigenvalue weighted by atomic mass is 10.1. The van der Waals surface area contributed by atoms with Crippen LogP contribution in [0.15, 0.2) is 47.2 Å². The Morgan fingerprint density at radius 1 is 1.11 bits per heavy atom. The maximum absolute atomic E-state index is 12.9. The zero-order valence-corrected chi connectivity index (χ0v) is 11.5. The first kappa shape index (κ1) is 12.5. The van der Waals surface area contributed by atoms with Gasteiger partial charge in [0, 0.05) is 5.38 Å². The van der Waals surface area contributed by atoms with Crippen molar-refractivity contribution in [3.8, 4) is 10.6 Å². The molecule has 0 fully saturated rings.